The first-order chi connectivity index (χ1) is 8.28. The van der Waals surface area contributed by atoms with Crippen molar-refractivity contribution in [1.29, 1.82) is 0 Å². The third-order valence-corrected chi connectivity index (χ3v) is 4.88. The molecule has 5 atom stereocenters. The Labute approximate surface area is 112 Å². The van der Waals surface area contributed by atoms with E-state index < -0.39 is 0 Å². The van der Waals surface area contributed by atoms with Gasteiger partial charge in [-0.1, -0.05) is 20.8 Å². The zero-order valence-corrected chi connectivity index (χ0v) is 12.6. The number of carbonyl (C=O) groups excluding carboxylic acids is 1. The quantitative estimate of drug-likeness (QED) is 0.792. The summed E-state index contributed by atoms with van der Waals surface area (Å²) >= 11 is 0. The van der Waals surface area contributed by atoms with Crippen molar-refractivity contribution in [2.24, 2.45) is 28.9 Å². The van der Waals surface area contributed by atoms with Gasteiger partial charge in [0.1, 0.15) is 0 Å². The molecule has 0 heterocycles. The molecule has 3 nitrogen and oxygen atoms in total. The summed E-state index contributed by atoms with van der Waals surface area (Å²) in [5, 5.41) is 3.32. The van der Waals surface area contributed by atoms with Gasteiger partial charge >= 0.3 is 0 Å². The number of carbonyl (C=O) groups is 1. The van der Waals surface area contributed by atoms with E-state index in [0.29, 0.717) is 23.8 Å². The number of hydrogen-bond donors (Lipinski definition) is 2. The van der Waals surface area contributed by atoms with Crippen molar-refractivity contribution < 1.29 is 4.79 Å². The molecular weight excluding hydrogens is 224 g/mol. The summed E-state index contributed by atoms with van der Waals surface area (Å²) in [7, 11) is 2.01. The van der Waals surface area contributed by atoms with Crippen LogP contribution in [-0.4, -0.2) is 19.0 Å². The summed E-state index contributed by atoms with van der Waals surface area (Å²) in [6.07, 6.45) is 4.35. The summed E-state index contributed by atoms with van der Waals surface area (Å²) in [6, 6.07) is 0.530. The normalized spacial score (nSPS) is 36.1. The van der Waals surface area contributed by atoms with Crippen molar-refractivity contribution in [2.45, 2.75) is 59.4 Å². The van der Waals surface area contributed by atoms with Crippen molar-refractivity contribution in [1.82, 2.24) is 5.32 Å². The summed E-state index contributed by atoms with van der Waals surface area (Å²) in [5.41, 5.74) is 5.30. The molecule has 5 unspecified atom stereocenters. The molecule has 0 spiro atoms. The molecule has 106 valence electrons. The predicted molar refractivity (Wildman–Crippen MR) is 76.1 cm³/mol. The molecule has 0 aromatic carbocycles. The Bertz CT molecular complexity index is 292. The summed E-state index contributed by atoms with van der Waals surface area (Å²) < 4.78 is 0. The van der Waals surface area contributed by atoms with Crippen LogP contribution in [0.5, 0.6) is 0 Å². The molecule has 0 saturated heterocycles. The molecule has 1 fully saturated rings. The maximum atomic E-state index is 11.7. The molecule has 1 rings (SSSR count). The van der Waals surface area contributed by atoms with E-state index in [4.69, 9.17) is 5.73 Å². The fourth-order valence-corrected chi connectivity index (χ4v) is 3.62. The zero-order valence-electron chi connectivity index (χ0n) is 12.6. The molecule has 0 aliphatic heterocycles. The van der Waals surface area contributed by atoms with Gasteiger partial charge in [0, 0.05) is 11.5 Å². The van der Waals surface area contributed by atoms with Crippen molar-refractivity contribution in [2.75, 3.05) is 7.05 Å². The van der Waals surface area contributed by atoms with Gasteiger partial charge in [-0.3, -0.25) is 4.79 Å². The van der Waals surface area contributed by atoms with Crippen molar-refractivity contribution >= 4 is 5.91 Å². The number of primary amides is 1. The average Bonchev–Trinajstić information content (AvgIpc) is 2.26. The summed E-state index contributed by atoms with van der Waals surface area (Å²) in [6.45, 7) is 8.82. The largest absolute Gasteiger partial charge is 0.369 e. The molecule has 0 bridgehead atoms. The first-order valence-electron chi connectivity index (χ1n) is 7.25. The Morgan fingerprint density at radius 2 is 2.06 bits per heavy atom. The van der Waals surface area contributed by atoms with Gasteiger partial charge in [0.15, 0.2) is 0 Å². The monoisotopic (exact) mass is 254 g/mol. The van der Waals surface area contributed by atoms with Crippen LogP contribution in [-0.2, 0) is 4.79 Å². The Kier molecular flexibility index (Phi) is 5.20. The highest BCUT2D eigenvalue weighted by molar-refractivity contribution is 5.80. The topological polar surface area (TPSA) is 55.1 Å². The Balaban J connectivity index is 2.64. The van der Waals surface area contributed by atoms with E-state index in [1.165, 1.54) is 12.8 Å². The lowest BCUT2D eigenvalue weighted by molar-refractivity contribution is -0.130. The van der Waals surface area contributed by atoms with Crippen LogP contribution in [0.15, 0.2) is 0 Å². The number of nitrogens with one attached hydrogen (secondary N) is 1. The van der Waals surface area contributed by atoms with Crippen LogP contribution in [0.25, 0.3) is 0 Å². The summed E-state index contributed by atoms with van der Waals surface area (Å²) in [4.78, 5) is 11.7. The second-order valence-electron chi connectivity index (χ2n) is 6.83. The van der Waals surface area contributed by atoms with E-state index in [1.54, 1.807) is 0 Å². The second kappa shape index (κ2) is 6.05. The highest BCUT2D eigenvalue weighted by Gasteiger charge is 2.40. The van der Waals surface area contributed by atoms with E-state index in [0.717, 1.165) is 12.8 Å². The standard InChI is InChI=1S/C15H30N2O/c1-10-6-13(7-11(2)12(3)17-5)9-15(4,8-10)14(16)18/h10-13,17H,6-9H2,1-5H3,(H2,16,18). The minimum absolute atomic E-state index is 0.117. The molecule has 1 aliphatic carbocycles. The zero-order chi connectivity index (χ0) is 13.9. The Hall–Kier alpha value is -0.570. The Morgan fingerprint density at radius 1 is 1.44 bits per heavy atom. The lowest BCUT2D eigenvalue weighted by atomic mass is 9.64. The van der Waals surface area contributed by atoms with Crippen molar-refractivity contribution in [3.63, 3.8) is 0 Å². The van der Waals surface area contributed by atoms with Crippen molar-refractivity contribution in [3.8, 4) is 0 Å². The molecule has 18 heavy (non-hydrogen) atoms. The van der Waals surface area contributed by atoms with Crippen LogP contribution in [0.3, 0.4) is 0 Å². The molecule has 3 N–H and O–H groups in total. The molecule has 3 heteroatoms. The highest BCUT2D eigenvalue weighted by Crippen LogP contribution is 2.44. The Morgan fingerprint density at radius 3 is 2.56 bits per heavy atom. The third kappa shape index (κ3) is 3.71. The SMILES string of the molecule is CNC(C)C(C)CC1CC(C)CC(C)(C(N)=O)C1. The molecular formula is C15H30N2O. The van der Waals surface area contributed by atoms with Crippen LogP contribution < -0.4 is 11.1 Å². The van der Waals surface area contributed by atoms with Crippen LogP contribution in [0.2, 0.25) is 0 Å². The van der Waals surface area contributed by atoms with Gasteiger partial charge in [-0.05, 0) is 57.4 Å². The molecule has 0 aromatic heterocycles. The molecule has 0 radical (unpaired) electrons. The smallest absolute Gasteiger partial charge is 0.223 e. The van der Waals surface area contributed by atoms with Gasteiger partial charge in [-0.15, -0.1) is 0 Å². The lowest BCUT2D eigenvalue weighted by Gasteiger charge is -2.40. The van der Waals surface area contributed by atoms with Gasteiger partial charge in [0.2, 0.25) is 5.91 Å². The van der Waals surface area contributed by atoms with E-state index in [1.807, 2.05) is 14.0 Å². The predicted octanol–water partition coefficient (Wildman–Crippen LogP) is 2.55. The maximum Gasteiger partial charge on any atom is 0.223 e. The molecule has 1 amide bonds. The van der Waals surface area contributed by atoms with Gasteiger partial charge in [-0.25, -0.2) is 0 Å². The van der Waals surface area contributed by atoms with Gasteiger partial charge in [0.25, 0.3) is 0 Å². The average molecular weight is 254 g/mol. The summed E-state index contributed by atoms with van der Waals surface area (Å²) in [5.74, 6) is 1.77. The van der Waals surface area contributed by atoms with Crippen LogP contribution in [0.1, 0.15) is 53.4 Å². The number of nitrogens with two attached hydrogens (primary N) is 1. The third-order valence-electron chi connectivity index (χ3n) is 4.88. The van der Waals surface area contributed by atoms with Crippen LogP contribution in [0.4, 0.5) is 0 Å². The van der Waals surface area contributed by atoms with E-state index in [2.05, 4.69) is 26.1 Å². The maximum absolute atomic E-state index is 11.7. The number of amides is 1. The number of hydrogen-bond acceptors (Lipinski definition) is 2. The minimum Gasteiger partial charge on any atom is -0.369 e. The lowest BCUT2D eigenvalue weighted by Crippen LogP contribution is -2.42. The molecule has 1 saturated carbocycles. The highest BCUT2D eigenvalue weighted by atomic mass is 16.1. The minimum atomic E-state index is -0.287. The van der Waals surface area contributed by atoms with E-state index >= 15 is 0 Å². The number of rotatable bonds is 5. The van der Waals surface area contributed by atoms with Gasteiger partial charge in [-0.2, -0.15) is 0 Å². The van der Waals surface area contributed by atoms with Crippen molar-refractivity contribution in [3.05, 3.63) is 0 Å². The first kappa shape index (κ1) is 15.5. The molecule has 1 aliphatic rings. The second-order valence-corrected chi connectivity index (χ2v) is 6.83. The van der Waals surface area contributed by atoms with Gasteiger partial charge in [0.05, 0.1) is 0 Å². The fraction of sp³-hybridized carbons (Fsp3) is 0.933. The first-order valence-corrected chi connectivity index (χ1v) is 7.25. The fourth-order valence-electron chi connectivity index (χ4n) is 3.62. The van der Waals surface area contributed by atoms with Gasteiger partial charge < -0.3 is 11.1 Å². The van der Waals surface area contributed by atoms with Crippen LogP contribution >= 0.6 is 0 Å². The van der Waals surface area contributed by atoms with Crippen LogP contribution in [0, 0.1) is 23.2 Å². The van der Waals surface area contributed by atoms with E-state index in [-0.39, 0.29) is 11.3 Å². The van der Waals surface area contributed by atoms with E-state index in [9.17, 15) is 4.79 Å². The molecule has 0 aromatic rings.